The molecule has 2 N–H and O–H groups in total. The first-order chi connectivity index (χ1) is 17.2. The first kappa shape index (κ1) is 26.6. The third-order valence-electron chi connectivity index (χ3n) is 5.30. The zero-order valence-electron chi connectivity index (χ0n) is 20.4. The van der Waals surface area contributed by atoms with Gasteiger partial charge < -0.3 is 25.0 Å². The molecule has 1 aromatic carbocycles. The van der Waals surface area contributed by atoms with E-state index in [0.717, 1.165) is 11.3 Å². The number of hydrogen-bond donors (Lipinski definition) is 2. The Morgan fingerprint density at radius 2 is 1.69 bits per heavy atom. The number of urea groups is 1. The van der Waals surface area contributed by atoms with Gasteiger partial charge in [0.2, 0.25) is 5.91 Å². The van der Waals surface area contributed by atoms with Crippen molar-refractivity contribution in [3.8, 4) is 0 Å². The molecule has 10 nitrogen and oxygen atoms in total. The van der Waals surface area contributed by atoms with E-state index in [9.17, 15) is 24.0 Å². The van der Waals surface area contributed by atoms with Gasteiger partial charge >= 0.3 is 18.0 Å². The molecule has 1 aliphatic rings. The summed E-state index contributed by atoms with van der Waals surface area (Å²) in [5, 5.41) is 5.37. The smallest absolute Gasteiger partial charge is 0.341 e. The lowest BCUT2D eigenvalue weighted by molar-refractivity contribution is -0.139. The molecule has 0 radical (unpaired) electrons. The Morgan fingerprint density at radius 3 is 2.31 bits per heavy atom. The number of carbonyl (C=O) groups is 5. The predicted molar refractivity (Wildman–Crippen MR) is 133 cm³/mol. The summed E-state index contributed by atoms with van der Waals surface area (Å²) in [6.07, 6.45) is 0. The van der Waals surface area contributed by atoms with E-state index in [1.807, 2.05) is 0 Å². The molecule has 1 aromatic heterocycles. The molecule has 0 aliphatic carbocycles. The molecule has 190 valence electrons. The van der Waals surface area contributed by atoms with Crippen molar-refractivity contribution in [2.45, 2.75) is 33.7 Å². The number of nitrogens with zero attached hydrogens (tertiary/aromatic N) is 1. The first-order valence-electron chi connectivity index (χ1n) is 11.3. The van der Waals surface area contributed by atoms with Crippen LogP contribution in [-0.4, -0.2) is 54.3 Å². The zero-order chi connectivity index (χ0) is 26.4. The number of rotatable bonds is 9. The van der Waals surface area contributed by atoms with Crippen LogP contribution in [0.4, 0.5) is 9.80 Å². The van der Waals surface area contributed by atoms with Crippen molar-refractivity contribution >= 4 is 46.0 Å². The van der Waals surface area contributed by atoms with Crippen LogP contribution in [0.1, 0.15) is 59.3 Å². The van der Waals surface area contributed by atoms with E-state index in [4.69, 9.17) is 9.47 Å². The van der Waals surface area contributed by atoms with E-state index in [1.54, 1.807) is 51.1 Å². The molecule has 0 fully saturated rings. The number of amides is 3. The van der Waals surface area contributed by atoms with Gasteiger partial charge in [0.1, 0.15) is 11.5 Å². The Hall–Kier alpha value is -3.99. The average molecular weight is 514 g/mol. The summed E-state index contributed by atoms with van der Waals surface area (Å²) in [4.78, 5) is 64.6. The summed E-state index contributed by atoms with van der Waals surface area (Å²) in [5.74, 6) is -2.19. The molecule has 0 saturated heterocycles. The lowest BCUT2D eigenvalue weighted by atomic mass is 9.94. The molecule has 36 heavy (non-hydrogen) atoms. The topological polar surface area (TPSA) is 131 Å². The predicted octanol–water partition coefficient (Wildman–Crippen LogP) is 3.67. The van der Waals surface area contributed by atoms with Crippen LogP contribution in [0, 0.1) is 0 Å². The summed E-state index contributed by atoms with van der Waals surface area (Å²) in [5.41, 5.74) is 1.20. The van der Waals surface area contributed by atoms with Crippen LogP contribution < -0.4 is 10.6 Å². The number of allylic oxidation sites excluding steroid dienone is 1. The second-order valence-electron chi connectivity index (χ2n) is 7.81. The van der Waals surface area contributed by atoms with Gasteiger partial charge in [0, 0.05) is 5.70 Å². The maximum absolute atomic E-state index is 13.1. The molecule has 0 spiro atoms. The van der Waals surface area contributed by atoms with Gasteiger partial charge in [0.05, 0.1) is 35.3 Å². The van der Waals surface area contributed by atoms with E-state index >= 15 is 0 Å². The first-order valence-corrected chi connectivity index (χ1v) is 12.1. The lowest BCUT2D eigenvalue weighted by Gasteiger charge is -2.37. The quantitative estimate of drug-likeness (QED) is 0.386. The fraction of sp³-hybridized carbons (Fsp3) is 0.320. The molecule has 0 saturated carbocycles. The van der Waals surface area contributed by atoms with Gasteiger partial charge in [-0.05, 0) is 39.3 Å². The maximum atomic E-state index is 13.1. The Labute approximate surface area is 212 Å². The van der Waals surface area contributed by atoms with Crippen LogP contribution >= 0.6 is 11.3 Å². The number of esters is 2. The van der Waals surface area contributed by atoms with Crippen LogP contribution in [0.5, 0.6) is 0 Å². The SMILES string of the molecule is CCOC(=O)C1=C(C)NC(=O)N(CC(=O)Nc2sc(C(C)=O)cc2C(=O)OCC)C1c1ccccc1. The molecular formula is C25H27N3O7S. The third-order valence-corrected chi connectivity index (χ3v) is 6.45. The van der Waals surface area contributed by atoms with Crippen LogP contribution in [0.15, 0.2) is 47.7 Å². The van der Waals surface area contributed by atoms with Crippen LogP contribution in [0.25, 0.3) is 0 Å². The number of ketones is 1. The molecule has 2 heterocycles. The van der Waals surface area contributed by atoms with Crippen LogP contribution in [-0.2, 0) is 19.1 Å². The Bertz CT molecular complexity index is 1220. The molecular weight excluding hydrogens is 486 g/mol. The summed E-state index contributed by atoms with van der Waals surface area (Å²) < 4.78 is 10.3. The van der Waals surface area contributed by atoms with Crippen molar-refractivity contribution in [2.75, 3.05) is 25.1 Å². The standard InChI is InChI=1S/C25H27N3O7S/c1-5-34-23(31)17-12-18(15(4)29)36-22(17)27-19(30)13-28-21(16-10-8-7-9-11-16)20(24(32)35-6-2)14(3)26-25(28)33/h7-12,21H,5-6,13H2,1-4H3,(H,26,33)(H,27,30). The Morgan fingerprint density at radius 1 is 1.06 bits per heavy atom. The average Bonchev–Trinajstić information content (AvgIpc) is 3.25. The number of hydrogen-bond acceptors (Lipinski definition) is 8. The van der Waals surface area contributed by atoms with Crippen molar-refractivity contribution in [1.29, 1.82) is 0 Å². The summed E-state index contributed by atoms with van der Waals surface area (Å²) in [6.45, 7) is 6.07. The zero-order valence-corrected chi connectivity index (χ0v) is 21.2. The van der Waals surface area contributed by atoms with E-state index < -0.39 is 36.5 Å². The minimum absolute atomic E-state index is 0.0473. The number of ether oxygens (including phenoxy) is 2. The number of thiophene rings is 1. The monoisotopic (exact) mass is 513 g/mol. The fourth-order valence-corrected chi connectivity index (χ4v) is 4.69. The summed E-state index contributed by atoms with van der Waals surface area (Å²) >= 11 is 0.938. The second kappa shape index (κ2) is 11.6. The number of carbonyl (C=O) groups excluding carboxylic acids is 5. The number of anilines is 1. The van der Waals surface area contributed by atoms with Gasteiger partial charge in [-0.15, -0.1) is 11.3 Å². The molecule has 1 unspecified atom stereocenters. The largest absolute Gasteiger partial charge is 0.463 e. The van der Waals surface area contributed by atoms with Crippen LogP contribution in [0.2, 0.25) is 0 Å². The molecule has 3 amide bonds. The molecule has 3 rings (SSSR count). The van der Waals surface area contributed by atoms with Gasteiger partial charge in [-0.1, -0.05) is 30.3 Å². The highest BCUT2D eigenvalue weighted by molar-refractivity contribution is 7.18. The third kappa shape index (κ3) is 5.80. The Kier molecular flexibility index (Phi) is 8.59. The van der Waals surface area contributed by atoms with E-state index in [-0.39, 0.29) is 40.0 Å². The summed E-state index contributed by atoms with van der Waals surface area (Å²) in [7, 11) is 0. The molecule has 1 aliphatic heterocycles. The van der Waals surface area contributed by atoms with Crippen molar-refractivity contribution in [2.24, 2.45) is 0 Å². The van der Waals surface area contributed by atoms with Gasteiger partial charge in [0.15, 0.2) is 5.78 Å². The number of benzene rings is 1. The fourth-order valence-electron chi connectivity index (χ4n) is 3.74. The van der Waals surface area contributed by atoms with Gasteiger partial charge in [0.25, 0.3) is 0 Å². The van der Waals surface area contributed by atoms with E-state index in [1.165, 1.54) is 17.9 Å². The van der Waals surface area contributed by atoms with E-state index in [0.29, 0.717) is 11.3 Å². The van der Waals surface area contributed by atoms with E-state index in [2.05, 4.69) is 10.6 Å². The normalized spacial score (nSPS) is 15.3. The minimum atomic E-state index is -0.884. The van der Waals surface area contributed by atoms with Crippen molar-refractivity contribution < 1.29 is 33.4 Å². The molecule has 0 bridgehead atoms. The molecule has 11 heteroatoms. The molecule has 2 aromatic rings. The lowest BCUT2D eigenvalue weighted by Crippen LogP contribution is -2.51. The van der Waals surface area contributed by atoms with Crippen molar-refractivity contribution in [3.63, 3.8) is 0 Å². The van der Waals surface area contributed by atoms with Crippen molar-refractivity contribution in [1.82, 2.24) is 10.2 Å². The maximum Gasteiger partial charge on any atom is 0.341 e. The van der Waals surface area contributed by atoms with Gasteiger partial charge in [-0.2, -0.15) is 0 Å². The summed E-state index contributed by atoms with van der Waals surface area (Å²) in [6, 6.07) is 8.72. The van der Waals surface area contributed by atoms with Crippen LogP contribution in [0.3, 0.4) is 0 Å². The highest BCUT2D eigenvalue weighted by Gasteiger charge is 2.39. The Balaban J connectivity index is 1.94. The molecule has 1 atom stereocenters. The van der Waals surface area contributed by atoms with Gasteiger partial charge in [-0.25, -0.2) is 14.4 Å². The van der Waals surface area contributed by atoms with Crippen molar-refractivity contribution in [3.05, 3.63) is 63.7 Å². The second-order valence-corrected chi connectivity index (χ2v) is 8.86. The number of Topliss-reactive ketones (excluding diaryl/α,β-unsaturated/α-hetero) is 1. The highest BCUT2D eigenvalue weighted by atomic mass is 32.1. The van der Waals surface area contributed by atoms with Gasteiger partial charge in [-0.3, -0.25) is 9.59 Å². The highest BCUT2D eigenvalue weighted by Crippen LogP contribution is 2.35. The number of nitrogens with one attached hydrogen (secondary N) is 2. The minimum Gasteiger partial charge on any atom is -0.463 e.